The average Bonchev–Trinajstić information content (AvgIpc) is 2.90. The van der Waals surface area contributed by atoms with Crippen LogP contribution in [0.5, 0.6) is 0 Å². The number of aryl methyl sites for hydroxylation is 1. The Labute approximate surface area is 120 Å². The number of ether oxygens (including phenoxy) is 1. The van der Waals surface area contributed by atoms with Crippen molar-refractivity contribution in [3.63, 3.8) is 0 Å². The van der Waals surface area contributed by atoms with E-state index < -0.39 is 12.6 Å². The largest absolute Gasteiger partial charge is 0.461 e. The minimum Gasteiger partial charge on any atom is -0.461 e. The number of halogens is 2. The van der Waals surface area contributed by atoms with E-state index in [0.717, 1.165) is 0 Å². The molecule has 0 bridgehead atoms. The van der Waals surface area contributed by atoms with Gasteiger partial charge in [0.15, 0.2) is 5.69 Å². The number of hydrogen-bond acceptors (Lipinski definition) is 4. The molecule has 7 heteroatoms. The highest BCUT2D eigenvalue weighted by atomic mass is 19.1. The van der Waals surface area contributed by atoms with Crippen molar-refractivity contribution in [1.82, 2.24) is 15.0 Å². The van der Waals surface area contributed by atoms with Crippen LogP contribution in [0.15, 0.2) is 24.3 Å². The zero-order valence-electron chi connectivity index (χ0n) is 11.6. The molecule has 0 amide bonds. The van der Waals surface area contributed by atoms with E-state index in [9.17, 15) is 13.6 Å². The Hall–Kier alpha value is -2.31. The summed E-state index contributed by atoms with van der Waals surface area (Å²) in [5, 5.41) is 7.67. The third-order valence-corrected chi connectivity index (χ3v) is 2.83. The van der Waals surface area contributed by atoms with Crippen LogP contribution in [0, 0.1) is 5.82 Å². The Bertz CT molecular complexity index is 611. The molecule has 0 unspecified atom stereocenters. The first kappa shape index (κ1) is 15.1. The minimum absolute atomic E-state index is 0.0438. The van der Waals surface area contributed by atoms with Crippen LogP contribution in [0.25, 0.3) is 11.3 Å². The van der Waals surface area contributed by atoms with Crippen LogP contribution in [0.3, 0.4) is 0 Å². The lowest BCUT2D eigenvalue weighted by molar-refractivity contribution is 0.0520. The normalized spacial score (nSPS) is 10.6. The number of nitrogens with zero attached hydrogens (tertiary/aromatic N) is 3. The summed E-state index contributed by atoms with van der Waals surface area (Å²) in [5.41, 5.74) is 1.02. The van der Waals surface area contributed by atoms with Gasteiger partial charge in [-0.15, -0.1) is 5.10 Å². The van der Waals surface area contributed by atoms with Gasteiger partial charge in [-0.25, -0.2) is 13.9 Å². The highest BCUT2D eigenvalue weighted by Gasteiger charge is 2.22. The number of benzene rings is 1. The molecule has 0 saturated carbocycles. The maximum Gasteiger partial charge on any atom is 0.361 e. The zero-order valence-corrected chi connectivity index (χ0v) is 11.6. The topological polar surface area (TPSA) is 57.0 Å². The smallest absolute Gasteiger partial charge is 0.361 e. The first-order chi connectivity index (χ1) is 10.2. The van der Waals surface area contributed by atoms with Gasteiger partial charge in [0, 0.05) is 12.1 Å². The second-order valence-corrected chi connectivity index (χ2v) is 4.28. The molecule has 112 valence electrons. The van der Waals surface area contributed by atoms with Crippen molar-refractivity contribution in [3.05, 3.63) is 35.8 Å². The monoisotopic (exact) mass is 295 g/mol. The van der Waals surface area contributed by atoms with Crippen LogP contribution in [0.4, 0.5) is 8.78 Å². The van der Waals surface area contributed by atoms with Gasteiger partial charge in [-0.2, -0.15) is 0 Å². The quantitative estimate of drug-likeness (QED) is 0.769. The molecule has 21 heavy (non-hydrogen) atoms. The molecule has 0 radical (unpaired) electrons. The molecule has 0 aliphatic rings. The summed E-state index contributed by atoms with van der Waals surface area (Å²) < 4.78 is 31.7. The van der Waals surface area contributed by atoms with E-state index in [-0.39, 0.29) is 31.1 Å². The molecule has 0 atom stereocenters. The van der Waals surface area contributed by atoms with E-state index in [0.29, 0.717) is 11.3 Å². The lowest BCUT2D eigenvalue weighted by Gasteiger charge is -2.07. The highest BCUT2D eigenvalue weighted by molar-refractivity contribution is 5.94. The Kier molecular flexibility index (Phi) is 4.97. The molecule has 0 aliphatic carbocycles. The second kappa shape index (κ2) is 6.92. The van der Waals surface area contributed by atoms with Crippen LogP contribution in [-0.4, -0.2) is 34.2 Å². The molecule has 0 saturated heterocycles. The molecule has 1 heterocycles. The fourth-order valence-corrected chi connectivity index (χ4v) is 1.91. The summed E-state index contributed by atoms with van der Waals surface area (Å²) in [4.78, 5) is 11.9. The molecular weight excluding hydrogens is 280 g/mol. The number of carbonyl (C=O) groups is 1. The molecule has 5 nitrogen and oxygen atoms in total. The molecule has 1 aromatic heterocycles. The van der Waals surface area contributed by atoms with Crippen LogP contribution in [-0.2, 0) is 11.3 Å². The first-order valence-corrected chi connectivity index (χ1v) is 6.60. The van der Waals surface area contributed by atoms with Gasteiger partial charge < -0.3 is 4.74 Å². The summed E-state index contributed by atoms with van der Waals surface area (Å²) >= 11 is 0. The summed E-state index contributed by atoms with van der Waals surface area (Å²) in [6, 6.07) is 5.58. The number of carbonyl (C=O) groups excluding carboxylic acids is 1. The summed E-state index contributed by atoms with van der Waals surface area (Å²) in [6.07, 6.45) is 0.250. The molecule has 2 aromatic rings. The standard InChI is InChI=1S/C14H15F2N3O2/c1-2-21-14(20)12-13(10-4-6-11(16)7-5-10)19(18-17-12)9-3-8-15/h4-7H,2-3,8-9H2,1H3. The van der Waals surface area contributed by atoms with Crippen molar-refractivity contribution < 1.29 is 18.3 Å². The first-order valence-electron chi connectivity index (χ1n) is 6.60. The van der Waals surface area contributed by atoms with Gasteiger partial charge in [-0.3, -0.25) is 4.39 Å². The molecule has 0 N–H and O–H groups in total. The Morgan fingerprint density at radius 1 is 1.33 bits per heavy atom. The molecule has 1 aromatic carbocycles. The minimum atomic E-state index is -0.608. The Morgan fingerprint density at radius 2 is 2.05 bits per heavy atom. The summed E-state index contributed by atoms with van der Waals surface area (Å²) in [6.45, 7) is 1.66. The molecular formula is C14H15F2N3O2. The fraction of sp³-hybridized carbons (Fsp3) is 0.357. The number of alkyl halides is 1. The van der Waals surface area contributed by atoms with Crippen molar-refractivity contribution >= 4 is 5.97 Å². The van der Waals surface area contributed by atoms with Gasteiger partial charge in [-0.1, -0.05) is 5.21 Å². The molecule has 0 spiro atoms. The van der Waals surface area contributed by atoms with E-state index in [4.69, 9.17) is 4.74 Å². The molecule has 2 rings (SSSR count). The van der Waals surface area contributed by atoms with Gasteiger partial charge >= 0.3 is 5.97 Å². The zero-order chi connectivity index (χ0) is 15.2. The van der Waals surface area contributed by atoms with Crippen molar-refractivity contribution in [1.29, 1.82) is 0 Å². The maximum atomic E-state index is 13.0. The van der Waals surface area contributed by atoms with Crippen molar-refractivity contribution in [2.75, 3.05) is 13.3 Å². The lowest BCUT2D eigenvalue weighted by Crippen LogP contribution is -2.09. The summed E-state index contributed by atoms with van der Waals surface area (Å²) in [7, 11) is 0. The van der Waals surface area contributed by atoms with Gasteiger partial charge in [0.25, 0.3) is 0 Å². The highest BCUT2D eigenvalue weighted by Crippen LogP contribution is 2.23. The number of rotatable bonds is 6. The van der Waals surface area contributed by atoms with Crippen LogP contribution >= 0.6 is 0 Å². The van der Waals surface area contributed by atoms with E-state index >= 15 is 0 Å². The average molecular weight is 295 g/mol. The van der Waals surface area contributed by atoms with Gasteiger partial charge in [-0.05, 0) is 37.6 Å². The van der Waals surface area contributed by atoms with E-state index in [1.54, 1.807) is 6.92 Å². The number of esters is 1. The van der Waals surface area contributed by atoms with Crippen molar-refractivity contribution in [2.45, 2.75) is 19.9 Å². The molecule has 0 aliphatic heterocycles. The van der Waals surface area contributed by atoms with Gasteiger partial charge in [0.2, 0.25) is 0 Å². The fourth-order valence-electron chi connectivity index (χ4n) is 1.91. The van der Waals surface area contributed by atoms with Crippen molar-refractivity contribution in [3.8, 4) is 11.3 Å². The number of aromatic nitrogens is 3. The van der Waals surface area contributed by atoms with Crippen molar-refractivity contribution in [2.24, 2.45) is 0 Å². The third-order valence-electron chi connectivity index (χ3n) is 2.83. The number of hydrogen-bond donors (Lipinski definition) is 0. The third kappa shape index (κ3) is 3.42. The predicted molar refractivity (Wildman–Crippen MR) is 72.0 cm³/mol. The van der Waals surface area contributed by atoms with Crippen LogP contribution in [0.2, 0.25) is 0 Å². The van der Waals surface area contributed by atoms with Gasteiger partial charge in [0.05, 0.1) is 13.3 Å². The lowest BCUT2D eigenvalue weighted by atomic mass is 10.1. The second-order valence-electron chi connectivity index (χ2n) is 4.28. The van der Waals surface area contributed by atoms with E-state index in [1.807, 2.05) is 0 Å². The Balaban J connectivity index is 2.44. The Morgan fingerprint density at radius 3 is 2.67 bits per heavy atom. The summed E-state index contributed by atoms with van der Waals surface area (Å²) in [5.74, 6) is -0.998. The van der Waals surface area contributed by atoms with Crippen LogP contribution in [0.1, 0.15) is 23.8 Å². The maximum absolute atomic E-state index is 13.0. The predicted octanol–water partition coefficient (Wildman–Crippen LogP) is 2.62. The van der Waals surface area contributed by atoms with Gasteiger partial charge in [0.1, 0.15) is 11.5 Å². The van der Waals surface area contributed by atoms with E-state index in [1.165, 1.54) is 28.9 Å². The van der Waals surface area contributed by atoms with E-state index in [2.05, 4.69) is 10.3 Å². The SMILES string of the molecule is CCOC(=O)c1nnn(CCCF)c1-c1ccc(F)cc1. The molecule has 0 fully saturated rings. The van der Waals surface area contributed by atoms with Crippen LogP contribution < -0.4 is 0 Å².